The van der Waals surface area contributed by atoms with Crippen molar-refractivity contribution in [2.45, 2.75) is 26.0 Å². The Morgan fingerprint density at radius 3 is 2.42 bits per heavy atom. The largest absolute Gasteiger partial charge is 0.507 e. The van der Waals surface area contributed by atoms with E-state index in [9.17, 15) is 14.7 Å². The van der Waals surface area contributed by atoms with Gasteiger partial charge < -0.3 is 19.6 Å². The Labute approximate surface area is 191 Å². The van der Waals surface area contributed by atoms with Crippen LogP contribution in [0, 0.1) is 0 Å². The number of hydrogen-bond acceptors (Lipinski definition) is 5. The fraction of sp³-hybridized carbons (Fsp3) is 0.333. The van der Waals surface area contributed by atoms with E-state index in [1.165, 1.54) is 4.90 Å². The molecule has 1 N–H and O–H groups in total. The van der Waals surface area contributed by atoms with Gasteiger partial charge in [0.05, 0.1) is 17.7 Å². The van der Waals surface area contributed by atoms with Crippen molar-refractivity contribution in [3.8, 4) is 5.75 Å². The van der Waals surface area contributed by atoms with Crippen LogP contribution in [0.1, 0.15) is 31.0 Å². The molecule has 2 aromatic rings. The molecule has 1 fully saturated rings. The van der Waals surface area contributed by atoms with Crippen molar-refractivity contribution in [2.75, 3.05) is 27.2 Å². The molecular weight excluding hydrogens is 460 g/mol. The van der Waals surface area contributed by atoms with Gasteiger partial charge >= 0.3 is 0 Å². The number of halogens is 1. The van der Waals surface area contributed by atoms with E-state index in [2.05, 4.69) is 15.9 Å². The van der Waals surface area contributed by atoms with E-state index in [1.54, 1.807) is 24.3 Å². The number of ketones is 1. The van der Waals surface area contributed by atoms with Crippen molar-refractivity contribution in [3.63, 3.8) is 0 Å². The highest BCUT2D eigenvalue weighted by atomic mass is 79.9. The number of benzene rings is 2. The van der Waals surface area contributed by atoms with Crippen molar-refractivity contribution in [3.05, 3.63) is 69.7 Å². The second-order valence-electron chi connectivity index (χ2n) is 8.04. The van der Waals surface area contributed by atoms with Crippen LogP contribution < -0.4 is 4.74 Å². The molecule has 1 aliphatic heterocycles. The molecule has 0 spiro atoms. The van der Waals surface area contributed by atoms with E-state index in [-0.39, 0.29) is 17.4 Å². The summed E-state index contributed by atoms with van der Waals surface area (Å²) in [7, 11) is 3.82. The maximum Gasteiger partial charge on any atom is 0.295 e. The van der Waals surface area contributed by atoms with E-state index in [0.29, 0.717) is 24.4 Å². The number of likely N-dealkylation sites (N-methyl/N-ethyl adjacent to an activating group) is 1. The average molecular weight is 487 g/mol. The molecule has 0 saturated carbocycles. The molecule has 1 aliphatic rings. The van der Waals surface area contributed by atoms with Crippen LogP contribution in [0.2, 0.25) is 0 Å². The summed E-state index contributed by atoms with van der Waals surface area (Å²) in [5.41, 5.74) is 1.31. The van der Waals surface area contributed by atoms with Crippen LogP contribution in [-0.2, 0) is 9.59 Å². The topological polar surface area (TPSA) is 70.1 Å². The third kappa shape index (κ3) is 5.17. The van der Waals surface area contributed by atoms with Crippen molar-refractivity contribution in [2.24, 2.45) is 0 Å². The molecule has 2 aromatic carbocycles. The molecule has 0 radical (unpaired) electrons. The summed E-state index contributed by atoms with van der Waals surface area (Å²) in [5.74, 6) is -0.801. The first kappa shape index (κ1) is 23.0. The highest BCUT2D eigenvalue weighted by Gasteiger charge is 2.45. The van der Waals surface area contributed by atoms with E-state index < -0.39 is 17.7 Å². The highest BCUT2D eigenvalue weighted by Crippen LogP contribution is 2.40. The van der Waals surface area contributed by atoms with Gasteiger partial charge in [-0.2, -0.15) is 0 Å². The number of carbonyl (C=O) groups excluding carboxylic acids is 2. The number of amides is 1. The number of nitrogens with zero attached hydrogens (tertiary/aromatic N) is 2. The first-order valence-corrected chi connectivity index (χ1v) is 10.9. The van der Waals surface area contributed by atoms with Crippen molar-refractivity contribution in [1.29, 1.82) is 0 Å². The van der Waals surface area contributed by atoms with E-state index in [0.717, 1.165) is 10.0 Å². The molecule has 0 aromatic heterocycles. The molecular formula is C24H27BrN2O4. The Balaban J connectivity index is 2.08. The molecule has 1 amide bonds. The zero-order chi connectivity index (χ0) is 22.7. The molecule has 0 unspecified atom stereocenters. The fourth-order valence-electron chi connectivity index (χ4n) is 3.56. The van der Waals surface area contributed by atoms with Crippen LogP contribution in [0.5, 0.6) is 5.75 Å². The van der Waals surface area contributed by atoms with Crippen LogP contribution >= 0.6 is 15.9 Å². The van der Waals surface area contributed by atoms with Gasteiger partial charge in [-0.25, -0.2) is 0 Å². The lowest BCUT2D eigenvalue weighted by atomic mass is 9.95. The Morgan fingerprint density at radius 1 is 1.16 bits per heavy atom. The van der Waals surface area contributed by atoms with Gasteiger partial charge in [0.25, 0.3) is 11.7 Å². The molecule has 164 valence electrons. The average Bonchev–Trinajstić information content (AvgIpc) is 2.96. The number of Topliss-reactive ketones (excluding diaryl/α,β-unsaturated/α-hetero) is 1. The van der Waals surface area contributed by atoms with Crippen molar-refractivity contribution >= 4 is 33.4 Å². The minimum atomic E-state index is -0.677. The maximum atomic E-state index is 13.0. The van der Waals surface area contributed by atoms with E-state index in [1.807, 2.05) is 57.1 Å². The lowest BCUT2D eigenvalue weighted by Crippen LogP contribution is -2.35. The standard InChI is InChI=1S/C24H27BrN2O4/c1-15(2)31-19-10-8-16(9-11-19)22(28)20-21(17-6-5-7-18(25)14-17)27(13-12-26(3)4)24(30)23(20)29/h5-11,14-15,21,28H,12-13H2,1-4H3/b22-20+/t21-/m1/s1. The molecule has 0 bridgehead atoms. The number of likely N-dealkylation sites (tertiary alicyclic amines) is 1. The van der Waals surface area contributed by atoms with Gasteiger partial charge in [-0.05, 0) is 69.9 Å². The third-order valence-corrected chi connectivity index (χ3v) is 5.49. The van der Waals surface area contributed by atoms with Crippen LogP contribution in [0.3, 0.4) is 0 Å². The number of ether oxygens (including phenoxy) is 1. The van der Waals surface area contributed by atoms with Crippen molar-refractivity contribution < 1.29 is 19.4 Å². The molecule has 3 rings (SSSR count). The predicted octanol–water partition coefficient (Wildman–Crippen LogP) is 4.22. The Hall–Kier alpha value is -2.64. The molecule has 1 heterocycles. The van der Waals surface area contributed by atoms with Gasteiger partial charge in [-0.3, -0.25) is 9.59 Å². The van der Waals surface area contributed by atoms with E-state index in [4.69, 9.17) is 4.74 Å². The van der Waals surface area contributed by atoms with Gasteiger partial charge in [-0.15, -0.1) is 0 Å². The van der Waals surface area contributed by atoms with E-state index >= 15 is 0 Å². The molecule has 0 aliphatic carbocycles. The number of rotatable bonds is 7. The third-order valence-electron chi connectivity index (χ3n) is 4.99. The number of aliphatic hydroxyl groups excluding tert-OH is 1. The summed E-state index contributed by atoms with van der Waals surface area (Å²) in [6.45, 7) is 4.83. The Bertz CT molecular complexity index is 999. The molecule has 1 saturated heterocycles. The highest BCUT2D eigenvalue weighted by molar-refractivity contribution is 9.10. The first-order chi connectivity index (χ1) is 14.7. The van der Waals surface area contributed by atoms with Gasteiger partial charge in [0.2, 0.25) is 0 Å². The lowest BCUT2D eigenvalue weighted by Gasteiger charge is -2.26. The second-order valence-corrected chi connectivity index (χ2v) is 8.96. The first-order valence-electron chi connectivity index (χ1n) is 10.1. The summed E-state index contributed by atoms with van der Waals surface area (Å²) in [5, 5.41) is 11.1. The fourth-order valence-corrected chi connectivity index (χ4v) is 3.98. The van der Waals surface area contributed by atoms with Crippen LogP contribution in [0.4, 0.5) is 0 Å². The zero-order valence-electron chi connectivity index (χ0n) is 18.1. The second kappa shape index (κ2) is 9.66. The number of hydrogen-bond donors (Lipinski definition) is 1. The van der Waals surface area contributed by atoms with Crippen LogP contribution in [0.15, 0.2) is 58.6 Å². The maximum absolute atomic E-state index is 13.0. The molecule has 31 heavy (non-hydrogen) atoms. The van der Waals surface area contributed by atoms with Crippen LogP contribution in [-0.4, -0.2) is 59.9 Å². The normalized spacial score (nSPS) is 18.3. The quantitative estimate of drug-likeness (QED) is 0.360. The van der Waals surface area contributed by atoms with Gasteiger partial charge in [-0.1, -0.05) is 28.1 Å². The number of carbonyl (C=O) groups is 2. The zero-order valence-corrected chi connectivity index (χ0v) is 19.7. The van der Waals surface area contributed by atoms with Crippen LogP contribution in [0.25, 0.3) is 5.76 Å². The smallest absolute Gasteiger partial charge is 0.295 e. The minimum Gasteiger partial charge on any atom is -0.507 e. The van der Waals surface area contributed by atoms with Gasteiger partial charge in [0, 0.05) is 23.1 Å². The predicted molar refractivity (Wildman–Crippen MR) is 124 cm³/mol. The minimum absolute atomic E-state index is 0.0259. The molecule has 6 nitrogen and oxygen atoms in total. The summed E-state index contributed by atoms with van der Waals surface area (Å²) < 4.78 is 6.48. The van der Waals surface area contributed by atoms with Gasteiger partial charge in [0.1, 0.15) is 11.5 Å². The van der Waals surface area contributed by atoms with Gasteiger partial charge in [0.15, 0.2) is 0 Å². The lowest BCUT2D eigenvalue weighted by molar-refractivity contribution is -0.140. The Kier molecular flexibility index (Phi) is 7.18. The summed E-state index contributed by atoms with van der Waals surface area (Å²) in [6, 6.07) is 13.7. The number of aliphatic hydroxyl groups is 1. The Morgan fingerprint density at radius 2 is 1.84 bits per heavy atom. The molecule has 1 atom stereocenters. The summed E-state index contributed by atoms with van der Waals surface area (Å²) in [4.78, 5) is 29.4. The summed E-state index contributed by atoms with van der Waals surface area (Å²) in [6.07, 6.45) is 0.0259. The monoisotopic (exact) mass is 486 g/mol. The SMILES string of the molecule is CC(C)Oc1ccc(/C(O)=C2\C(=O)C(=O)N(CCN(C)C)[C@@H]2c2cccc(Br)c2)cc1. The van der Waals surface area contributed by atoms with Crippen molar-refractivity contribution in [1.82, 2.24) is 9.80 Å². The molecule has 7 heteroatoms. The summed E-state index contributed by atoms with van der Waals surface area (Å²) >= 11 is 3.46.